The predicted molar refractivity (Wildman–Crippen MR) is 83.1 cm³/mol. The smallest absolute Gasteiger partial charge is 0.133 e. The molecule has 0 saturated carbocycles. The molecule has 5 heteroatoms. The second kappa shape index (κ2) is 6.89. The van der Waals surface area contributed by atoms with Crippen LogP contribution in [-0.4, -0.2) is 18.6 Å². The standard InChI is InChI=1S/C14H18ClN3S/c1-3-16-9-11-5-4-8-17-14(11)18(2)10-12-6-7-13(15)19-12/h4-8,16H,3,9-10H2,1-2H3. The summed E-state index contributed by atoms with van der Waals surface area (Å²) in [6, 6.07) is 8.10. The molecule has 0 amide bonds. The molecule has 0 radical (unpaired) electrons. The zero-order valence-corrected chi connectivity index (χ0v) is 12.8. The van der Waals surface area contributed by atoms with Crippen molar-refractivity contribution in [2.45, 2.75) is 20.0 Å². The van der Waals surface area contributed by atoms with E-state index in [1.165, 1.54) is 10.4 Å². The van der Waals surface area contributed by atoms with Crippen LogP contribution < -0.4 is 10.2 Å². The molecule has 0 atom stereocenters. The molecule has 19 heavy (non-hydrogen) atoms. The van der Waals surface area contributed by atoms with E-state index in [1.807, 2.05) is 18.3 Å². The minimum Gasteiger partial charge on any atom is -0.354 e. The van der Waals surface area contributed by atoms with Gasteiger partial charge < -0.3 is 10.2 Å². The van der Waals surface area contributed by atoms with E-state index in [4.69, 9.17) is 11.6 Å². The molecule has 3 nitrogen and oxygen atoms in total. The van der Waals surface area contributed by atoms with Crippen molar-refractivity contribution in [3.63, 3.8) is 0 Å². The van der Waals surface area contributed by atoms with Crippen LogP contribution in [0, 0.1) is 0 Å². The van der Waals surface area contributed by atoms with Gasteiger partial charge in [0.1, 0.15) is 5.82 Å². The van der Waals surface area contributed by atoms with Crippen LogP contribution in [0.15, 0.2) is 30.5 Å². The first-order valence-electron chi connectivity index (χ1n) is 6.30. The minimum atomic E-state index is 0.827. The lowest BCUT2D eigenvalue weighted by molar-refractivity contribution is 0.719. The maximum absolute atomic E-state index is 5.96. The highest BCUT2D eigenvalue weighted by Crippen LogP contribution is 2.24. The molecule has 0 bridgehead atoms. The van der Waals surface area contributed by atoms with Crippen LogP contribution in [0.3, 0.4) is 0 Å². The molecule has 0 unspecified atom stereocenters. The Bertz CT molecular complexity index is 527. The van der Waals surface area contributed by atoms with Gasteiger partial charge >= 0.3 is 0 Å². The summed E-state index contributed by atoms with van der Waals surface area (Å²) >= 11 is 7.58. The van der Waals surface area contributed by atoms with E-state index >= 15 is 0 Å². The third-order valence-corrected chi connectivity index (χ3v) is 4.03. The first-order valence-corrected chi connectivity index (χ1v) is 7.50. The number of anilines is 1. The van der Waals surface area contributed by atoms with E-state index in [0.29, 0.717) is 0 Å². The quantitative estimate of drug-likeness (QED) is 0.883. The van der Waals surface area contributed by atoms with Gasteiger partial charge in [-0.15, -0.1) is 11.3 Å². The molecule has 2 aromatic rings. The highest BCUT2D eigenvalue weighted by atomic mass is 35.5. The maximum Gasteiger partial charge on any atom is 0.133 e. The van der Waals surface area contributed by atoms with Crippen LogP contribution in [0.25, 0.3) is 0 Å². The third-order valence-electron chi connectivity index (χ3n) is 2.82. The van der Waals surface area contributed by atoms with Gasteiger partial charge in [-0.05, 0) is 24.7 Å². The fourth-order valence-electron chi connectivity index (χ4n) is 1.92. The molecular formula is C14H18ClN3S. The van der Waals surface area contributed by atoms with Gasteiger partial charge in [-0.3, -0.25) is 0 Å². The van der Waals surface area contributed by atoms with Crippen LogP contribution >= 0.6 is 22.9 Å². The fraction of sp³-hybridized carbons (Fsp3) is 0.357. The van der Waals surface area contributed by atoms with Crippen molar-refractivity contribution in [3.8, 4) is 0 Å². The van der Waals surface area contributed by atoms with Crippen molar-refractivity contribution >= 4 is 28.8 Å². The normalized spacial score (nSPS) is 10.7. The van der Waals surface area contributed by atoms with Crippen LogP contribution in [-0.2, 0) is 13.1 Å². The Labute approximate surface area is 123 Å². The third kappa shape index (κ3) is 3.93. The molecule has 0 aromatic carbocycles. The molecule has 0 fully saturated rings. The molecule has 2 aromatic heterocycles. The summed E-state index contributed by atoms with van der Waals surface area (Å²) in [6.45, 7) is 4.73. The number of hydrogen-bond donors (Lipinski definition) is 1. The van der Waals surface area contributed by atoms with Crippen LogP contribution in [0.2, 0.25) is 4.34 Å². The molecule has 1 N–H and O–H groups in total. The number of halogens is 1. The molecule has 102 valence electrons. The zero-order valence-electron chi connectivity index (χ0n) is 11.2. The Kier molecular flexibility index (Phi) is 5.19. The number of nitrogens with one attached hydrogen (secondary N) is 1. The Morgan fingerprint density at radius 3 is 2.89 bits per heavy atom. The molecule has 0 spiro atoms. The van der Waals surface area contributed by atoms with Crippen LogP contribution in [0.5, 0.6) is 0 Å². The van der Waals surface area contributed by atoms with Crippen molar-refractivity contribution in [2.75, 3.05) is 18.5 Å². The lowest BCUT2D eigenvalue weighted by Crippen LogP contribution is -2.21. The molecular weight excluding hydrogens is 278 g/mol. The fourth-order valence-corrected chi connectivity index (χ4v) is 3.06. The van der Waals surface area contributed by atoms with Crippen molar-refractivity contribution in [1.82, 2.24) is 10.3 Å². The molecule has 0 aliphatic carbocycles. The zero-order chi connectivity index (χ0) is 13.7. The van der Waals surface area contributed by atoms with Gasteiger partial charge in [-0.2, -0.15) is 0 Å². The Morgan fingerprint density at radius 1 is 1.37 bits per heavy atom. The van der Waals surface area contributed by atoms with Crippen molar-refractivity contribution in [2.24, 2.45) is 0 Å². The first-order chi connectivity index (χ1) is 9.20. The van der Waals surface area contributed by atoms with E-state index in [9.17, 15) is 0 Å². The molecule has 0 saturated heterocycles. The van der Waals surface area contributed by atoms with Gasteiger partial charge in [0.15, 0.2) is 0 Å². The Balaban J connectivity index is 2.11. The van der Waals surface area contributed by atoms with E-state index in [2.05, 4.69) is 41.3 Å². The summed E-state index contributed by atoms with van der Waals surface area (Å²) in [5, 5.41) is 3.34. The van der Waals surface area contributed by atoms with Gasteiger partial charge in [-0.25, -0.2) is 4.98 Å². The van der Waals surface area contributed by atoms with E-state index < -0.39 is 0 Å². The van der Waals surface area contributed by atoms with E-state index in [1.54, 1.807) is 11.3 Å². The average Bonchev–Trinajstić information content (AvgIpc) is 2.82. The van der Waals surface area contributed by atoms with Gasteiger partial charge in [0.2, 0.25) is 0 Å². The minimum absolute atomic E-state index is 0.827. The molecule has 0 aliphatic heterocycles. The predicted octanol–water partition coefficient (Wildman–Crippen LogP) is 3.54. The summed E-state index contributed by atoms with van der Waals surface area (Å²) in [6.07, 6.45) is 1.84. The summed E-state index contributed by atoms with van der Waals surface area (Å²) in [5.41, 5.74) is 1.22. The molecule has 2 rings (SSSR count). The van der Waals surface area contributed by atoms with Crippen molar-refractivity contribution in [1.29, 1.82) is 0 Å². The molecule has 2 heterocycles. The van der Waals surface area contributed by atoms with Crippen LogP contribution in [0.4, 0.5) is 5.82 Å². The summed E-state index contributed by atoms with van der Waals surface area (Å²) < 4.78 is 0.831. The van der Waals surface area contributed by atoms with Gasteiger partial charge in [0, 0.05) is 30.2 Å². The lowest BCUT2D eigenvalue weighted by Gasteiger charge is -2.20. The topological polar surface area (TPSA) is 28.2 Å². The number of aromatic nitrogens is 1. The SMILES string of the molecule is CCNCc1cccnc1N(C)Cc1ccc(Cl)s1. The summed E-state index contributed by atoms with van der Waals surface area (Å²) in [4.78, 5) is 7.90. The second-order valence-corrected chi connectivity index (χ2v) is 6.13. The van der Waals surface area contributed by atoms with Crippen molar-refractivity contribution in [3.05, 3.63) is 45.2 Å². The average molecular weight is 296 g/mol. The number of pyridine rings is 1. The highest BCUT2D eigenvalue weighted by Gasteiger charge is 2.09. The number of rotatable bonds is 6. The second-order valence-electron chi connectivity index (χ2n) is 4.33. The summed E-state index contributed by atoms with van der Waals surface area (Å²) in [5.74, 6) is 1.02. The van der Waals surface area contributed by atoms with Gasteiger partial charge in [0.05, 0.1) is 10.9 Å². The molecule has 0 aliphatic rings. The first kappa shape index (κ1) is 14.3. The van der Waals surface area contributed by atoms with Crippen molar-refractivity contribution < 1.29 is 0 Å². The largest absolute Gasteiger partial charge is 0.354 e. The monoisotopic (exact) mass is 295 g/mol. The highest BCUT2D eigenvalue weighted by molar-refractivity contribution is 7.16. The lowest BCUT2D eigenvalue weighted by atomic mass is 10.2. The number of thiophene rings is 1. The Hall–Kier alpha value is -1.10. The summed E-state index contributed by atoms with van der Waals surface area (Å²) in [7, 11) is 2.06. The number of hydrogen-bond acceptors (Lipinski definition) is 4. The Morgan fingerprint density at radius 2 is 2.21 bits per heavy atom. The van der Waals surface area contributed by atoms with Gasteiger partial charge in [0.25, 0.3) is 0 Å². The van der Waals surface area contributed by atoms with E-state index in [-0.39, 0.29) is 0 Å². The van der Waals surface area contributed by atoms with E-state index in [0.717, 1.165) is 29.8 Å². The maximum atomic E-state index is 5.96. The van der Waals surface area contributed by atoms with Crippen LogP contribution in [0.1, 0.15) is 17.4 Å². The van der Waals surface area contributed by atoms with Gasteiger partial charge in [-0.1, -0.05) is 24.6 Å². The number of nitrogens with zero attached hydrogens (tertiary/aromatic N) is 2.